The molecule has 2 nitrogen and oxygen atoms in total. The fraction of sp³-hybridized carbons (Fsp3) is 0.500. The van der Waals surface area contributed by atoms with E-state index in [4.69, 9.17) is 0 Å². The van der Waals surface area contributed by atoms with E-state index in [9.17, 15) is 4.39 Å². The van der Waals surface area contributed by atoms with Crippen LogP contribution in [0, 0.1) is 11.9 Å². The van der Waals surface area contributed by atoms with Gasteiger partial charge in [-0.05, 0) is 24.8 Å². The van der Waals surface area contributed by atoms with Crippen LogP contribution in [-0.4, -0.2) is 11.5 Å². The average molecular weight is 180 g/mol. The zero-order chi connectivity index (χ0) is 9.10. The number of aromatic nitrogens is 1. The lowest BCUT2D eigenvalue weighted by Gasteiger charge is -2.25. The van der Waals surface area contributed by atoms with E-state index in [0.717, 1.165) is 18.2 Å². The Balaban J connectivity index is 1.86. The van der Waals surface area contributed by atoms with Crippen molar-refractivity contribution < 1.29 is 4.39 Å². The summed E-state index contributed by atoms with van der Waals surface area (Å²) < 4.78 is 12.6. The van der Waals surface area contributed by atoms with Crippen molar-refractivity contribution in [2.75, 3.05) is 11.9 Å². The molecule has 0 amide bonds. The SMILES string of the molecule is Fc1cc(NCC2CCC2)ccn1. The molecule has 0 radical (unpaired) electrons. The van der Waals surface area contributed by atoms with E-state index in [1.807, 2.05) is 0 Å². The molecule has 1 aliphatic rings. The Morgan fingerprint density at radius 3 is 3.00 bits per heavy atom. The monoisotopic (exact) mass is 180 g/mol. The Hall–Kier alpha value is -1.12. The van der Waals surface area contributed by atoms with E-state index in [0.29, 0.717) is 0 Å². The van der Waals surface area contributed by atoms with Gasteiger partial charge in [0.25, 0.3) is 0 Å². The van der Waals surface area contributed by atoms with E-state index >= 15 is 0 Å². The fourth-order valence-corrected chi connectivity index (χ4v) is 1.47. The van der Waals surface area contributed by atoms with Gasteiger partial charge in [-0.15, -0.1) is 0 Å². The molecule has 0 aliphatic heterocycles. The van der Waals surface area contributed by atoms with Gasteiger partial charge in [-0.25, -0.2) is 4.98 Å². The minimum absolute atomic E-state index is 0.418. The third kappa shape index (κ3) is 2.17. The number of nitrogens with zero attached hydrogens (tertiary/aromatic N) is 1. The predicted molar refractivity (Wildman–Crippen MR) is 50.0 cm³/mol. The molecule has 1 N–H and O–H groups in total. The van der Waals surface area contributed by atoms with E-state index in [2.05, 4.69) is 10.3 Å². The predicted octanol–water partition coefficient (Wildman–Crippen LogP) is 2.43. The van der Waals surface area contributed by atoms with Crippen molar-refractivity contribution in [1.82, 2.24) is 4.98 Å². The van der Waals surface area contributed by atoms with Crippen LogP contribution in [0.2, 0.25) is 0 Å². The van der Waals surface area contributed by atoms with Gasteiger partial charge in [0, 0.05) is 24.5 Å². The summed E-state index contributed by atoms with van der Waals surface area (Å²) in [6.45, 7) is 0.962. The average Bonchev–Trinajstić information content (AvgIpc) is 2.01. The van der Waals surface area contributed by atoms with Gasteiger partial charge in [-0.3, -0.25) is 0 Å². The zero-order valence-corrected chi connectivity index (χ0v) is 7.46. The normalized spacial score (nSPS) is 16.7. The topological polar surface area (TPSA) is 24.9 Å². The van der Waals surface area contributed by atoms with Gasteiger partial charge >= 0.3 is 0 Å². The van der Waals surface area contributed by atoms with E-state index in [-0.39, 0.29) is 0 Å². The van der Waals surface area contributed by atoms with Crippen LogP contribution in [0.25, 0.3) is 0 Å². The molecule has 13 heavy (non-hydrogen) atoms. The number of rotatable bonds is 3. The van der Waals surface area contributed by atoms with Crippen molar-refractivity contribution >= 4 is 5.69 Å². The summed E-state index contributed by atoms with van der Waals surface area (Å²) in [5.41, 5.74) is 0.833. The summed E-state index contributed by atoms with van der Waals surface area (Å²) in [4.78, 5) is 3.49. The molecule has 70 valence electrons. The first-order valence-electron chi connectivity index (χ1n) is 4.70. The molecule has 0 bridgehead atoms. The highest BCUT2D eigenvalue weighted by Crippen LogP contribution is 2.26. The number of pyridine rings is 1. The molecule has 0 aromatic carbocycles. The van der Waals surface area contributed by atoms with Gasteiger partial charge in [-0.2, -0.15) is 4.39 Å². The van der Waals surface area contributed by atoms with E-state index < -0.39 is 5.95 Å². The maximum Gasteiger partial charge on any atom is 0.214 e. The molecule has 1 aromatic heterocycles. The van der Waals surface area contributed by atoms with Crippen LogP contribution >= 0.6 is 0 Å². The third-order valence-corrected chi connectivity index (χ3v) is 2.55. The zero-order valence-electron chi connectivity index (χ0n) is 7.46. The van der Waals surface area contributed by atoms with Crippen LogP contribution in [0.15, 0.2) is 18.3 Å². The lowest BCUT2D eigenvalue weighted by Crippen LogP contribution is -2.20. The molecule has 1 aliphatic carbocycles. The van der Waals surface area contributed by atoms with Crippen molar-refractivity contribution in [1.29, 1.82) is 0 Å². The number of halogens is 1. The van der Waals surface area contributed by atoms with Crippen LogP contribution in [0.3, 0.4) is 0 Å². The minimum atomic E-state index is -0.418. The summed E-state index contributed by atoms with van der Waals surface area (Å²) >= 11 is 0. The number of anilines is 1. The van der Waals surface area contributed by atoms with Crippen LogP contribution in [-0.2, 0) is 0 Å². The third-order valence-electron chi connectivity index (χ3n) is 2.55. The van der Waals surface area contributed by atoms with Crippen molar-refractivity contribution in [3.63, 3.8) is 0 Å². The van der Waals surface area contributed by atoms with Crippen LogP contribution in [0.1, 0.15) is 19.3 Å². The molecule has 1 aromatic rings. The molecule has 0 saturated heterocycles. The second kappa shape index (κ2) is 3.73. The Labute approximate surface area is 77.2 Å². The van der Waals surface area contributed by atoms with E-state index in [1.54, 1.807) is 6.07 Å². The molecular weight excluding hydrogens is 167 g/mol. The maximum atomic E-state index is 12.6. The first-order chi connectivity index (χ1) is 6.34. The molecule has 2 rings (SSSR count). The van der Waals surface area contributed by atoms with Crippen LogP contribution in [0.4, 0.5) is 10.1 Å². The second-order valence-corrected chi connectivity index (χ2v) is 3.55. The quantitative estimate of drug-likeness (QED) is 0.722. The van der Waals surface area contributed by atoms with Gasteiger partial charge in [-0.1, -0.05) is 6.42 Å². The van der Waals surface area contributed by atoms with Crippen LogP contribution < -0.4 is 5.32 Å². The summed E-state index contributed by atoms with van der Waals surface area (Å²) in [5.74, 6) is 0.370. The number of nitrogens with one attached hydrogen (secondary N) is 1. The smallest absolute Gasteiger partial charge is 0.214 e. The lowest BCUT2D eigenvalue weighted by molar-refractivity contribution is 0.333. The molecule has 3 heteroatoms. The van der Waals surface area contributed by atoms with Gasteiger partial charge in [0.2, 0.25) is 5.95 Å². The molecule has 0 unspecified atom stereocenters. The second-order valence-electron chi connectivity index (χ2n) is 3.55. The molecule has 0 spiro atoms. The van der Waals surface area contributed by atoms with Crippen molar-refractivity contribution in [3.05, 3.63) is 24.3 Å². The van der Waals surface area contributed by atoms with Crippen molar-refractivity contribution in [2.24, 2.45) is 5.92 Å². The lowest BCUT2D eigenvalue weighted by atomic mass is 9.85. The van der Waals surface area contributed by atoms with Crippen LogP contribution in [0.5, 0.6) is 0 Å². The summed E-state index contributed by atoms with van der Waals surface area (Å²) in [5, 5.41) is 3.21. The Morgan fingerprint density at radius 1 is 1.54 bits per heavy atom. The maximum absolute atomic E-state index is 12.6. The summed E-state index contributed by atoms with van der Waals surface area (Å²) in [6, 6.07) is 3.22. The Kier molecular flexibility index (Phi) is 2.43. The molecule has 1 heterocycles. The first-order valence-corrected chi connectivity index (χ1v) is 4.70. The standard InChI is InChI=1S/C10H13FN2/c11-10-6-9(4-5-12-10)13-7-8-2-1-3-8/h4-6,8H,1-3,7H2,(H,12,13). The van der Waals surface area contributed by atoms with Gasteiger partial charge in [0.1, 0.15) is 0 Å². The summed E-state index contributed by atoms with van der Waals surface area (Å²) in [7, 11) is 0. The highest BCUT2D eigenvalue weighted by atomic mass is 19.1. The molecular formula is C10H13FN2. The van der Waals surface area contributed by atoms with Crippen molar-refractivity contribution in [2.45, 2.75) is 19.3 Å². The Morgan fingerprint density at radius 2 is 2.38 bits per heavy atom. The fourth-order valence-electron chi connectivity index (χ4n) is 1.47. The Bertz CT molecular complexity index is 284. The largest absolute Gasteiger partial charge is 0.385 e. The highest BCUT2D eigenvalue weighted by molar-refractivity contribution is 5.41. The van der Waals surface area contributed by atoms with Gasteiger partial charge < -0.3 is 5.32 Å². The number of hydrogen-bond acceptors (Lipinski definition) is 2. The van der Waals surface area contributed by atoms with Gasteiger partial charge in [0.05, 0.1) is 0 Å². The molecule has 1 saturated carbocycles. The summed E-state index contributed by atoms with van der Waals surface area (Å²) in [6.07, 6.45) is 5.44. The first kappa shape index (κ1) is 8.48. The number of hydrogen-bond donors (Lipinski definition) is 1. The minimum Gasteiger partial charge on any atom is -0.385 e. The highest BCUT2D eigenvalue weighted by Gasteiger charge is 2.16. The van der Waals surface area contributed by atoms with Crippen molar-refractivity contribution in [3.8, 4) is 0 Å². The molecule has 0 atom stereocenters. The molecule has 1 fully saturated rings. The van der Waals surface area contributed by atoms with E-state index in [1.165, 1.54) is 31.5 Å². The van der Waals surface area contributed by atoms with Gasteiger partial charge in [0.15, 0.2) is 0 Å².